The van der Waals surface area contributed by atoms with E-state index in [2.05, 4.69) is 10.6 Å². The molecule has 0 unspecified atom stereocenters. The minimum Gasteiger partial charge on any atom is -0.480 e. The van der Waals surface area contributed by atoms with E-state index in [1.807, 2.05) is 19.9 Å². The van der Waals surface area contributed by atoms with Crippen LogP contribution in [-0.4, -0.2) is 23.1 Å². The second-order valence-corrected chi connectivity index (χ2v) is 4.50. The Labute approximate surface area is 110 Å². The Morgan fingerprint density at radius 2 is 1.94 bits per heavy atom. The molecule has 18 heavy (non-hydrogen) atoms. The second kappa shape index (κ2) is 5.73. The maximum atomic E-state index is 11.6. The molecule has 1 atom stereocenters. The summed E-state index contributed by atoms with van der Waals surface area (Å²) in [7, 11) is 0. The highest BCUT2D eigenvalue weighted by molar-refractivity contribution is 6.34. The molecule has 0 saturated heterocycles. The Morgan fingerprint density at radius 3 is 2.44 bits per heavy atom. The van der Waals surface area contributed by atoms with Crippen LogP contribution in [0.2, 0.25) is 5.02 Å². The van der Waals surface area contributed by atoms with Gasteiger partial charge in [-0.1, -0.05) is 17.7 Å². The van der Waals surface area contributed by atoms with Crippen LogP contribution in [0.4, 0.5) is 10.5 Å². The molecule has 98 valence electrons. The average molecular weight is 271 g/mol. The number of carboxylic acids is 1. The molecule has 0 heterocycles. The minimum atomic E-state index is -1.10. The third kappa shape index (κ3) is 3.63. The van der Waals surface area contributed by atoms with Crippen molar-refractivity contribution in [3.05, 3.63) is 28.3 Å². The van der Waals surface area contributed by atoms with Crippen LogP contribution >= 0.6 is 11.6 Å². The van der Waals surface area contributed by atoms with Crippen LogP contribution in [0.1, 0.15) is 18.1 Å². The minimum absolute atomic E-state index is 0.422. The monoisotopic (exact) mass is 270 g/mol. The first-order valence-electron chi connectivity index (χ1n) is 5.38. The summed E-state index contributed by atoms with van der Waals surface area (Å²) >= 11 is 6.02. The molecule has 1 rings (SSSR count). The van der Waals surface area contributed by atoms with Gasteiger partial charge in [-0.3, -0.25) is 4.79 Å². The van der Waals surface area contributed by atoms with Gasteiger partial charge >= 0.3 is 12.0 Å². The molecule has 2 amide bonds. The number of hydrogen-bond donors (Lipinski definition) is 3. The van der Waals surface area contributed by atoms with Gasteiger partial charge < -0.3 is 15.7 Å². The number of amides is 2. The molecule has 0 aromatic heterocycles. The number of halogens is 1. The van der Waals surface area contributed by atoms with Crippen LogP contribution in [0.3, 0.4) is 0 Å². The number of anilines is 1. The highest BCUT2D eigenvalue weighted by Crippen LogP contribution is 2.27. The van der Waals surface area contributed by atoms with Crippen molar-refractivity contribution in [1.82, 2.24) is 5.32 Å². The summed E-state index contributed by atoms with van der Waals surface area (Å²) in [6, 6.07) is 2.04. The number of carbonyl (C=O) groups excluding carboxylic acids is 1. The quantitative estimate of drug-likeness (QED) is 0.790. The van der Waals surface area contributed by atoms with Gasteiger partial charge in [0.2, 0.25) is 0 Å². The second-order valence-electron chi connectivity index (χ2n) is 4.10. The Morgan fingerprint density at radius 1 is 1.33 bits per heavy atom. The zero-order valence-corrected chi connectivity index (χ0v) is 11.1. The maximum Gasteiger partial charge on any atom is 0.325 e. The summed E-state index contributed by atoms with van der Waals surface area (Å²) in [5.74, 6) is -1.10. The third-order valence-electron chi connectivity index (χ3n) is 2.39. The smallest absolute Gasteiger partial charge is 0.325 e. The predicted octanol–water partition coefficient (Wildman–Crippen LogP) is 2.55. The summed E-state index contributed by atoms with van der Waals surface area (Å²) in [5.41, 5.74) is 2.29. The van der Waals surface area contributed by atoms with Crippen molar-refractivity contribution >= 4 is 29.3 Å². The van der Waals surface area contributed by atoms with E-state index in [-0.39, 0.29) is 0 Å². The van der Waals surface area contributed by atoms with Gasteiger partial charge in [0.15, 0.2) is 0 Å². The van der Waals surface area contributed by atoms with Gasteiger partial charge in [0.05, 0.1) is 10.7 Å². The van der Waals surface area contributed by atoms with Crippen molar-refractivity contribution in [3.8, 4) is 0 Å². The first-order valence-corrected chi connectivity index (χ1v) is 5.76. The highest BCUT2D eigenvalue weighted by atomic mass is 35.5. The zero-order chi connectivity index (χ0) is 13.9. The van der Waals surface area contributed by atoms with Crippen molar-refractivity contribution in [2.75, 3.05) is 5.32 Å². The van der Waals surface area contributed by atoms with Crippen LogP contribution in [0.15, 0.2) is 12.1 Å². The van der Waals surface area contributed by atoms with Gasteiger partial charge in [0, 0.05) is 0 Å². The maximum absolute atomic E-state index is 11.6. The summed E-state index contributed by atoms with van der Waals surface area (Å²) in [5, 5.41) is 13.9. The molecule has 3 N–H and O–H groups in total. The Kier molecular flexibility index (Phi) is 4.55. The van der Waals surface area contributed by atoms with Crippen LogP contribution < -0.4 is 10.6 Å². The normalized spacial score (nSPS) is 11.8. The Hall–Kier alpha value is -1.75. The number of carbonyl (C=O) groups is 2. The van der Waals surface area contributed by atoms with Crippen molar-refractivity contribution in [3.63, 3.8) is 0 Å². The predicted molar refractivity (Wildman–Crippen MR) is 70.2 cm³/mol. The molecule has 0 fully saturated rings. The Balaban J connectivity index is 2.80. The van der Waals surface area contributed by atoms with Gasteiger partial charge in [-0.15, -0.1) is 0 Å². The van der Waals surface area contributed by atoms with Crippen LogP contribution in [0.25, 0.3) is 0 Å². The van der Waals surface area contributed by atoms with E-state index < -0.39 is 18.0 Å². The van der Waals surface area contributed by atoms with Gasteiger partial charge in [0.1, 0.15) is 6.04 Å². The summed E-state index contributed by atoms with van der Waals surface area (Å²) in [4.78, 5) is 22.2. The topological polar surface area (TPSA) is 78.4 Å². The van der Waals surface area contributed by atoms with E-state index in [0.717, 1.165) is 11.1 Å². The lowest BCUT2D eigenvalue weighted by Gasteiger charge is -2.14. The SMILES string of the molecule is Cc1cc(C)c(NC(=O)N[C@@H](C)C(=O)O)c(Cl)c1. The number of urea groups is 1. The van der Waals surface area contributed by atoms with Crippen molar-refractivity contribution in [2.24, 2.45) is 0 Å². The number of nitrogens with one attached hydrogen (secondary N) is 2. The first-order chi connectivity index (χ1) is 8.31. The van der Waals surface area contributed by atoms with Crippen LogP contribution in [-0.2, 0) is 4.79 Å². The molecular formula is C12H15ClN2O3. The third-order valence-corrected chi connectivity index (χ3v) is 2.69. The molecule has 0 aliphatic heterocycles. The summed E-state index contributed by atoms with van der Waals surface area (Å²) < 4.78 is 0. The molecule has 0 radical (unpaired) electrons. The fraction of sp³-hybridized carbons (Fsp3) is 0.333. The molecule has 0 aliphatic rings. The number of hydrogen-bond acceptors (Lipinski definition) is 2. The number of benzene rings is 1. The largest absolute Gasteiger partial charge is 0.480 e. The molecule has 0 aliphatic carbocycles. The molecule has 5 nitrogen and oxygen atoms in total. The van der Waals surface area contributed by atoms with E-state index in [9.17, 15) is 9.59 Å². The molecule has 0 spiro atoms. The summed E-state index contributed by atoms with van der Waals surface area (Å²) in [6.07, 6.45) is 0. The van der Waals surface area contributed by atoms with Gasteiger partial charge in [-0.25, -0.2) is 4.79 Å². The number of carboxylic acid groups (broad SMARTS) is 1. The van der Waals surface area contributed by atoms with Crippen molar-refractivity contribution < 1.29 is 14.7 Å². The zero-order valence-electron chi connectivity index (χ0n) is 10.4. The van der Waals surface area contributed by atoms with Gasteiger partial charge in [0.25, 0.3) is 0 Å². The molecule has 0 bridgehead atoms. The van der Waals surface area contributed by atoms with E-state index in [4.69, 9.17) is 16.7 Å². The molecule has 1 aromatic rings. The fourth-order valence-corrected chi connectivity index (χ4v) is 1.85. The van der Waals surface area contributed by atoms with Gasteiger partial charge in [-0.2, -0.15) is 0 Å². The first kappa shape index (κ1) is 14.3. The number of rotatable bonds is 3. The van der Waals surface area contributed by atoms with Crippen molar-refractivity contribution in [1.29, 1.82) is 0 Å². The molecule has 1 aromatic carbocycles. The lowest BCUT2D eigenvalue weighted by Crippen LogP contribution is -2.41. The summed E-state index contributed by atoms with van der Waals surface area (Å²) in [6.45, 7) is 5.09. The van der Waals surface area contributed by atoms with Crippen LogP contribution in [0, 0.1) is 13.8 Å². The van der Waals surface area contributed by atoms with E-state index in [0.29, 0.717) is 10.7 Å². The van der Waals surface area contributed by atoms with E-state index >= 15 is 0 Å². The molecule has 6 heteroatoms. The lowest BCUT2D eigenvalue weighted by atomic mass is 10.1. The lowest BCUT2D eigenvalue weighted by molar-refractivity contribution is -0.138. The number of aryl methyl sites for hydroxylation is 2. The van der Waals surface area contributed by atoms with Crippen LogP contribution in [0.5, 0.6) is 0 Å². The molecule has 0 saturated carbocycles. The van der Waals surface area contributed by atoms with Gasteiger partial charge in [-0.05, 0) is 38.0 Å². The molecular weight excluding hydrogens is 256 g/mol. The Bertz CT molecular complexity index is 465. The standard InChI is InChI=1S/C12H15ClN2O3/c1-6-4-7(2)10(9(13)5-6)15-12(18)14-8(3)11(16)17/h4-5,8H,1-3H3,(H,16,17)(H2,14,15,18)/t8-/m0/s1. The van der Waals surface area contributed by atoms with E-state index in [1.165, 1.54) is 6.92 Å². The average Bonchev–Trinajstić information content (AvgIpc) is 2.23. The highest BCUT2D eigenvalue weighted by Gasteiger charge is 2.15. The van der Waals surface area contributed by atoms with Crippen molar-refractivity contribution in [2.45, 2.75) is 26.8 Å². The number of aliphatic carboxylic acids is 1. The van der Waals surface area contributed by atoms with E-state index in [1.54, 1.807) is 6.07 Å². The fourth-order valence-electron chi connectivity index (χ4n) is 1.48.